The second-order valence-electron chi connectivity index (χ2n) is 3.35. The number of hydrogen-bond donors (Lipinski definition) is 0. The molecule has 0 spiro atoms. The molecule has 0 nitrogen and oxygen atoms in total. The zero-order valence-electron chi connectivity index (χ0n) is 7.89. The summed E-state index contributed by atoms with van der Waals surface area (Å²) in [4.78, 5) is 0. The summed E-state index contributed by atoms with van der Waals surface area (Å²) in [7, 11) is 0. The van der Waals surface area contributed by atoms with Gasteiger partial charge in [-0.05, 0) is 35.6 Å². The van der Waals surface area contributed by atoms with Crippen LogP contribution in [-0.4, -0.2) is 0 Å². The van der Waals surface area contributed by atoms with Crippen LogP contribution in [0.2, 0.25) is 0 Å². The van der Waals surface area contributed by atoms with E-state index in [1.165, 1.54) is 11.6 Å². The van der Waals surface area contributed by atoms with Crippen LogP contribution in [0.5, 0.6) is 0 Å². The molecule has 0 fully saturated rings. The molecule has 0 saturated heterocycles. The van der Waals surface area contributed by atoms with Crippen LogP contribution >= 0.6 is 0 Å². The molecule has 0 aliphatic rings. The lowest BCUT2D eigenvalue weighted by Gasteiger charge is -2.10. The van der Waals surface area contributed by atoms with E-state index in [9.17, 15) is 4.39 Å². The van der Waals surface area contributed by atoms with E-state index in [0.717, 1.165) is 12.0 Å². The van der Waals surface area contributed by atoms with Gasteiger partial charge in [0.2, 0.25) is 0 Å². The third-order valence-electron chi connectivity index (χ3n) is 2.11. The predicted octanol–water partition coefficient (Wildman–Crippen LogP) is 3.51. The second-order valence-corrected chi connectivity index (χ2v) is 3.35. The zero-order valence-corrected chi connectivity index (χ0v) is 7.89. The summed E-state index contributed by atoms with van der Waals surface area (Å²) < 4.78 is 12.8. The fourth-order valence-corrected chi connectivity index (χ4v) is 1.44. The quantitative estimate of drug-likeness (QED) is 0.630. The van der Waals surface area contributed by atoms with Gasteiger partial charge in [0.25, 0.3) is 0 Å². The van der Waals surface area contributed by atoms with E-state index in [0.29, 0.717) is 5.92 Å². The van der Waals surface area contributed by atoms with Crippen molar-refractivity contribution in [1.29, 1.82) is 0 Å². The normalized spacial score (nSPS) is 10.8. The van der Waals surface area contributed by atoms with E-state index in [1.54, 1.807) is 6.07 Å². The van der Waals surface area contributed by atoms with E-state index in [1.807, 2.05) is 6.07 Å². The Kier molecular flexibility index (Phi) is 2.85. The van der Waals surface area contributed by atoms with Gasteiger partial charge in [-0.1, -0.05) is 26.8 Å². The van der Waals surface area contributed by atoms with Crippen LogP contribution in [0.1, 0.15) is 37.8 Å². The summed E-state index contributed by atoms with van der Waals surface area (Å²) in [6, 6.07) is 5.06. The molecule has 0 N–H and O–H groups in total. The summed E-state index contributed by atoms with van der Waals surface area (Å²) >= 11 is 0. The summed E-state index contributed by atoms with van der Waals surface area (Å²) in [5, 5.41) is 0. The SMILES string of the molecule is CCc1cc(F)ccc1C(C)C. The fraction of sp³-hybridized carbons (Fsp3) is 0.455. The van der Waals surface area contributed by atoms with Crippen molar-refractivity contribution in [2.24, 2.45) is 0 Å². The average Bonchev–Trinajstić information content (AvgIpc) is 2.03. The van der Waals surface area contributed by atoms with Crippen LogP contribution in [0.15, 0.2) is 18.2 Å². The standard InChI is InChI=1S/C11H15F/c1-4-9-7-10(12)5-6-11(9)8(2)3/h5-8H,4H2,1-3H3. The molecule has 0 aliphatic heterocycles. The molecular weight excluding hydrogens is 151 g/mol. The van der Waals surface area contributed by atoms with E-state index in [2.05, 4.69) is 20.8 Å². The van der Waals surface area contributed by atoms with Crippen molar-refractivity contribution >= 4 is 0 Å². The Balaban J connectivity index is 3.11. The van der Waals surface area contributed by atoms with Crippen LogP contribution in [0, 0.1) is 5.82 Å². The van der Waals surface area contributed by atoms with Gasteiger partial charge in [0, 0.05) is 0 Å². The largest absolute Gasteiger partial charge is 0.207 e. The molecule has 0 unspecified atom stereocenters. The van der Waals surface area contributed by atoms with Crippen LogP contribution in [0.3, 0.4) is 0 Å². The number of halogens is 1. The van der Waals surface area contributed by atoms with E-state index >= 15 is 0 Å². The summed E-state index contributed by atoms with van der Waals surface area (Å²) in [5.74, 6) is 0.358. The first-order chi connectivity index (χ1) is 5.65. The van der Waals surface area contributed by atoms with E-state index in [-0.39, 0.29) is 5.82 Å². The highest BCUT2D eigenvalue weighted by Gasteiger charge is 2.05. The van der Waals surface area contributed by atoms with Gasteiger partial charge in [-0.2, -0.15) is 0 Å². The van der Waals surface area contributed by atoms with Crippen molar-refractivity contribution in [3.8, 4) is 0 Å². The van der Waals surface area contributed by atoms with Crippen molar-refractivity contribution in [3.63, 3.8) is 0 Å². The van der Waals surface area contributed by atoms with Crippen LogP contribution in [0.4, 0.5) is 4.39 Å². The number of benzene rings is 1. The van der Waals surface area contributed by atoms with Crippen LogP contribution in [-0.2, 0) is 6.42 Å². The molecule has 0 amide bonds. The Morgan fingerprint density at radius 3 is 2.50 bits per heavy atom. The maximum Gasteiger partial charge on any atom is 0.123 e. The van der Waals surface area contributed by atoms with Gasteiger partial charge in [0.15, 0.2) is 0 Å². The molecule has 0 bridgehead atoms. The minimum absolute atomic E-state index is 0.128. The summed E-state index contributed by atoms with van der Waals surface area (Å²) in [5.41, 5.74) is 2.39. The predicted molar refractivity (Wildman–Crippen MR) is 49.9 cm³/mol. The smallest absolute Gasteiger partial charge is 0.123 e. The minimum atomic E-state index is -0.128. The molecule has 66 valence electrons. The molecule has 0 saturated carbocycles. The molecule has 1 rings (SSSR count). The Morgan fingerprint density at radius 1 is 1.33 bits per heavy atom. The topological polar surface area (TPSA) is 0 Å². The van der Waals surface area contributed by atoms with Gasteiger partial charge in [-0.3, -0.25) is 0 Å². The first-order valence-corrected chi connectivity index (χ1v) is 4.43. The van der Waals surface area contributed by atoms with Crippen molar-refractivity contribution in [2.45, 2.75) is 33.1 Å². The molecule has 12 heavy (non-hydrogen) atoms. The van der Waals surface area contributed by atoms with Gasteiger partial charge >= 0.3 is 0 Å². The third-order valence-corrected chi connectivity index (χ3v) is 2.11. The lowest BCUT2D eigenvalue weighted by atomic mass is 9.96. The lowest BCUT2D eigenvalue weighted by Crippen LogP contribution is -1.95. The molecule has 0 radical (unpaired) electrons. The molecule has 1 aromatic carbocycles. The Morgan fingerprint density at radius 2 is 2.00 bits per heavy atom. The van der Waals surface area contributed by atoms with Crippen molar-refractivity contribution < 1.29 is 4.39 Å². The molecule has 0 aromatic heterocycles. The molecule has 0 aliphatic carbocycles. The first-order valence-electron chi connectivity index (χ1n) is 4.43. The van der Waals surface area contributed by atoms with Gasteiger partial charge in [0.05, 0.1) is 0 Å². The number of aryl methyl sites for hydroxylation is 1. The highest BCUT2D eigenvalue weighted by atomic mass is 19.1. The molecular formula is C11H15F. The van der Waals surface area contributed by atoms with Gasteiger partial charge < -0.3 is 0 Å². The van der Waals surface area contributed by atoms with E-state index in [4.69, 9.17) is 0 Å². The highest BCUT2D eigenvalue weighted by molar-refractivity contribution is 5.30. The molecule has 0 heterocycles. The Labute approximate surface area is 73.4 Å². The van der Waals surface area contributed by atoms with Gasteiger partial charge in [-0.25, -0.2) is 4.39 Å². The van der Waals surface area contributed by atoms with Crippen LogP contribution < -0.4 is 0 Å². The van der Waals surface area contributed by atoms with Crippen molar-refractivity contribution in [2.75, 3.05) is 0 Å². The second kappa shape index (κ2) is 3.70. The zero-order chi connectivity index (χ0) is 9.14. The average molecular weight is 166 g/mol. The highest BCUT2D eigenvalue weighted by Crippen LogP contribution is 2.20. The van der Waals surface area contributed by atoms with E-state index < -0.39 is 0 Å². The van der Waals surface area contributed by atoms with Crippen molar-refractivity contribution in [3.05, 3.63) is 35.1 Å². The van der Waals surface area contributed by atoms with Gasteiger partial charge in [0.1, 0.15) is 5.82 Å². The monoisotopic (exact) mass is 166 g/mol. The molecule has 1 aromatic rings. The number of hydrogen-bond acceptors (Lipinski definition) is 0. The summed E-state index contributed by atoms with van der Waals surface area (Å²) in [6.45, 7) is 6.32. The first kappa shape index (κ1) is 9.24. The summed E-state index contributed by atoms with van der Waals surface area (Å²) in [6.07, 6.45) is 0.908. The molecule has 1 heteroatoms. The maximum atomic E-state index is 12.8. The lowest BCUT2D eigenvalue weighted by molar-refractivity contribution is 0.623. The maximum absolute atomic E-state index is 12.8. The van der Waals surface area contributed by atoms with Gasteiger partial charge in [-0.15, -0.1) is 0 Å². The van der Waals surface area contributed by atoms with Crippen molar-refractivity contribution in [1.82, 2.24) is 0 Å². The van der Waals surface area contributed by atoms with Crippen LogP contribution in [0.25, 0.3) is 0 Å². The minimum Gasteiger partial charge on any atom is -0.207 e. The molecule has 0 atom stereocenters. The fourth-order valence-electron chi connectivity index (χ4n) is 1.44. The number of rotatable bonds is 2. The Hall–Kier alpha value is -0.850. The third kappa shape index (κ3) is 1.84. The Bertz CT molecular complexity index is 264.